The molecule has 0 N–H and O–H groups in total. The average Bonchev–Trinajstić information content (AvgIpc) is 2.03. The Kier molecular flexibility index (Phi) is 4.98. The minimum Gasteiger partial charge on any atom is -0.0533 e. The molecule has 0 bridgehead atoms. The van der Waals surface area contributed by atoms with Gasteiger partial charge in [-0.3, -0.25) is 0 Å². The average molecular weight is 207 g/mol. The van der Waals surface area contributed by atoms with Gasteiger partial charge in [0.2, 0.25) is 5.90 Å². The van der Waals surface area contributed by atoms with Crippen molar-refractivity contribution in [1.29, 1.82) is 0 Å². The molecule has 0 aromatic carbocycles. The molecular formula is C8H16PS2+. The number of hydrogen-bond acceptors (Lipinski definition) is 1. The molecule has 1 aliphatic carbocycles. The second-order valence-corrected chi connectivity index (χ2v) is 8.10. The molecule has 0 aromatic rings. The molecule has 3 heteroatoms. The number of hydrogen-bond donors (Lipinski definition) is 1. The summed E-state index contributed by atoms with van der Waals surface area (Å²) in [5.41, 5.74) is 0. The smallest absolute Gasteiger partial charge is 0.0533 e. The maximum absolute atomic E-state index is 5.08. The van der Waals surface area contributed by atoms with Gasteiger partial charge in [0.05, 0.1) is 12.2 Å². The molecule has 0 heterocycles. The molecule has 11 heavy (non-hydrogen) atoms. The van der Waals surface area contributed by atoms with Crippen molar-refractivity contribution in [2.45, 2.75) is 38.5 Å². The quantitative estimate of drug-likeness (QED) is 0.543. The zero-order chi connectivity index (χ0) is 8.10. The van der Waals surface area contributed by atoms with Gasteiger partial charge in [-0.1, -0.05) is 32.1 Å². The second-order valence-electron chi connectivity index (χ2n) is 3.37. The van der Waals surface area contributed by atoms with Crippen LogP contribution in [0.3, 0.4) is 0 Å². The highest BCUT2D eigenvalue weighted by Crippen LogP contribution is 2.33. The normalized spacial score (nSPS) is 21.7. The fraction of sp³-hybridized carbons (Fsp3) is 1.00. The third kappa shape index (κ3) is 4.45. The fourth-order valence-corrected chi connectivity index (χ4v) is 3.02. The SMILES string of the molecule is S=[P+](S)CCC1CCCCC1. The largest absolute Gasteiger partial charge is 0.241 e. The second kappa shape index (κ2) is 5.50. The van der Waals surface area contributed by atoms with Crippen molar-refractivity contribution < 1.29 is 0 Å². The van der Waals surface area contributed by atoms with Crippen LogP contribution in [0.1, 0.15) is 38.5 Å². The summed E-state index contributed by atoms with van der Waals surface area (Å²) in [6.07, 6.45) is 9.80. The van der Waals surface area contributed by atoms with E-state index in [1.54, 1.807) is 0 Å². The lowest BCUT2D eigenvalue weighted by molar-refractivity contribution is 0.351. The molecule has 1 atom stereocenters. The zero-order valence-electron chi connectivity index (χ0n) is 6.83. The highest BCUT2D eigenvalue weighted by Gasteiger charge is 2.15. The minimum atomic E-state index is -0.348. The van der Waals surface area contributed by atoms with Crippen LogP contribution >= 0.6 is 18.1 Å². The lowest BCUT2D eigenvalue weighted by Gasteiger charge is -2.19. The topological polar surface area (TPSA) is 0 Å². The van der Waals surface area contributed by atoms with Gasteiger partial charge in [0.25, 0.3) is 0 Å². The predicted molar refractivity (Wildman–Crippen MR) is 59.3 cm³/mol. The van der Waals surface area contributed by atoms with Crippen molar-refractivity contribution >= 4 is 30.0 Å². The third-order valence-corrected chi connectivity index (χ3v) is 4.24. The standard InChI is InChI=1S/C8H15PS2/c10-9(11)7-6-8-4-2-1-3-5-8/h8H,1-7H2/p+1. The summed E-state index contributed by atoms with van der Waals surface area (Å²) < 4.78 is 0. The van der Waals surface area contributed by atoms with Crippen LogP contribution in [0.5, 0.6) is 0 Å². The van der Waals surface area contributed by atoms with E-state index in [2.05, 4.69) is 12.2 Å². The molecule has 0 saturated heterocycles. The molecular weight excluding hydrogens is 191 g/mol. The summed E-state index contributed by atoms with van der Waals surface area (Å²) in [7, 11) is 0. The van der Waals surface area contributed by atoms with Gasteiger partial charge in [0.1, 0.15) is 6.16 Å². The summed E-state index contributed by atoms with van der Waals surface area (Å²) in [5, 5.41) is 0. The number of rotatable bonds is 3. The molecule has 0 aromatic heterocycles. The van der Waals surface area contributed by atoms with Crippen molar-refractivity contribution in [2.75, 3.05) is 6.16 Å². The van der Waals surface area contributed by atoms with Crippen LogP contribution < -0.4 is 0 Å². The van der Waals surface area contributed by atoms with E-state index in [1.807, 2.05) is 0 Å². The first-order valence-electron chi connectivity index (χ1n) is 4.42. The Hall–Kier alpha value is 0.870. The van der Waals surface area contributed by atoms with E-state index >= 15 is 0 Å². The van der Waals surface area contributed by atoms with E-state index in [1.165, 1.54) is 44.7 Å². The van der Waals surface area contributed by atoms with Crippen LogP contribution in [0.25, 0.3) is 0 Å². The van der Waals surface area contributed by atoms with E-state index < -0.39 is 0 Å². The predicted octanol–water partition coefficient (Wildman–Crippen LogP) is 3.75. The fourth-order valence-electron chi connectivity index (χ4n) is 1.77. The first kappa shape index (κ1) is 9.95. The maximum Gasteiger partial charge on any atom is 0.241 e. The van der Waals surface area contributed by atoms with Gasteiger partial charge < -0.3 is 0 Å². The number of thiol groups is 1. The molecule has 1 rings (SSSR count). The lowest BCUT2D eigenvalue weighted by atomic mass is 9.88. The summed E-state index contributed by atoms with van der Waals surface area (Å²) in [6.45, 7) is 0. The Morgan fingerprint density at radius 2 is 1.91 bits per heavy atom. The van der Waals surface area contributed by atoms with Crippen molar-refractivity contribution in [3.63, 3.8) is 0 Å². The summed E-state index contributed by atoms with van der Waals surface area (Å²) >= 11 is 9.35. The molecule has 1 fully saturated rings. The monoisotopic (exact) mass is 207 g/mol. The molecule has 0 spiro atoms. The highest BCUT2D eigenvalue weighted by molar-refractivity contribution is 8.56. The Bertz CT molecular complexity index is 130. The highest BCUT2D eigenvalue weighted by atomic mass is 32.9. The van der Waals surface area contributed by atoms with Gasteiger partial charge in [0, 0.05) is 0 Å². The molecule has 1 saturated carbocycles. The van der Waals surface area contributed by atoms with Crippen LogP contribution in [-0.2, 0) is 11.8 Å². The van der Waals surface area contributed by atoms with Gasteiger partial charge in [-0.2, -0.15) is 0 Å². The van der Waals surface area contributed by atoms with E-state index in [4.69, 9.17) is 11.8 Å². The van der Waals surface area contributed by atoms with E-state index in [9.17, 15) is 0 Å². The third-order valence-electron chi connectivity index (χ3n) is 2.45. The first-order chi connectivity index (χ1) is 5.29. The minimum absolute atomic E-state index is 0.348. The Morgan fingerprint density at radius 3 is 2.45 bits per heavy atom. The molecule has 1 unspecified atom stereocenters. The summed E-state index contributed by atoms with van der Waals surface area (Å²) in [4.78, 5) is 0. The van der Waals surface area contributed by atoms with Crippen molar-refractivity contribution in [2.24, 2.45) is 5.92 Å². The molecule has 64 valence electrons. The molecule has 0 nitrogen and oxygen atoms in total. The molecule has 1 aliphatic rings. The van der Waals surface area contributed by atoms with Crippen molar-refractivity contribution in [3.05, 3.63) is 0 Å². The van der Waals surface area contributed by atoms with Gasteiger partial charge in [-0.15, -0.1) is 0 Å². The van der Waals surface area contributed by atoms with Gasteiger partial charge in [-0.25, -0.2) is 0 Å². The van der Waals surface area contributed by atoms with E-state index in [0.717, 1.165) is 5.92 Å². The Balaban J connectivity index is 2.09. The Morgan fingerprint density at radius 1 is 1.27 bits per heavy atom. The first-order valence-corrected chi connectivity index (χ1v) is 8.12. The molecule has 0 amide bonds. The van der Waals surface area contributed by atoms with E-state index in [-0.39, 0.29) is 5.90 Å². The van der Waals surface area contributed by atoms with Gasteiger partial charge in [-0.05, 0) is 12.3 Å². The molecule has 0 aliphatic heterocycles. The lowest BCUT2D eigenvalue weighted by Crippen LogP contribution is -2.06. The zero-order valence-corrected chi connectivity index (χ0v) is 9.44. The van der Waals surface area contributed by atoms with E-state index in [0.29, 0.717) is 0 Å². The summed E-state index contributed by atoms with van der Waals surface area (Å²) in [5.74, 6) is 0.642. The van der Waals surface area contributed by atoms with Crippen LogP contribution in [0.2, 0.25) is 0 Å². The summed E-state index contributed by atoms with van der Waals surface area (Å²) in [6, 6.07) is 0. The van der Waals surface area contributed by atoms with Crippen LogP contribution in [-0.4, -0.2) is 6.16 Å². The van der Waals surface area contributed by atoms with Crippen molar-refractivity contribution in [1.82, 2.24) is 0 Å². The Labute approximate surface area is 80.7 Å². The van der Waals surface area contributed by atoms with Crippen LogP contribution in [0.15, 0.2) is 0 Å². The van der Waals surface area contributed by atoms with Gasteiger partial charge in [0.15, 0.2) is 11.8 Å². The van der Waals surface area contributed by atoms with Crippen LogP contribution in [0, 0.1) is 5.92 Å². The van der Waals surface area contributed by atoms with Crippen molar-refractivity contribution in [3.8, 4) is 0 Å². The van der Waals surface area contributed by atoms with Gasteiger partial charge >= 0.3 is 0 Å². The van der Waals surface area contributed by atoms with Crippen LogP contribution in [0.4, 0.5) is 0 Å². The maximum atomic E-state index is 5.08. The molecule has 0 radical (unpaired) electrons.